The van der Waals surface area contributed by atoms with Crippen LogP contribution in [0.1, 0.15) is 22.9 Å². The van der Waals surface area contributed by atoms with Crippen molar-refractivity contribution >= 4 is 47.7 Å². The molecule has 0 spiro atoms. The Morgan fingerprint density at radius 1 is 1.29 bits per heavy atom. The van der Waals surface area contributed by atoms with Crippen LogP contribution in [-0.2, 0) is 13.0 Å². The third kappa shape index (κ3) is 4.20. The lowest BCUT2D eigenvalue weighted by atomic mass is 9.96. The van der Waals surface area contributed by atoms with Crippen molar-refractivity contribution in [3.05, 3.63) is 51.7 Å². The number of hydrogen-bond donors (Lipinski definition) is 2. The van der Waals surface area contributed by atoms with Crippen molar-refractivity contribution in [2.24, 2.45) is 10.7 Å². The number of thiophene rings is 1. The monoisotopic (exact) mass is 343 g/mol. The Balaban J connectivity index is 0.00000110. The number of nitrogens with one attached hydrogen (secondary N) is 1. The molecule has 1 aromatic heterocycles. The zero-order valence-electron chi connectivity index (χ0n) is 11.7. The second-order valence-electron chi connectivity index (χ2n) is 4.91. The number of halogens is 2. The minimum absolute atomic E-state index is 0. The summed E-state index contributed by atoms with van der Waals surface area (Å²) in [4.78, 5) is 5.52. The molecule has 0 bridgehead atoms. The van der Waals surface area contributed by atoms with Crippen molar-refractivity contribution in [2.75, 3.05) is 0 Å². The van der Waals surface area contributed by atoms with Gasteiger partial charge >= 0.3 is 0 Å². The molecule has 3 N–H and O–H groups in total. The van der Waals surface area contributed by atoms with Crippen LogP contribution >= 0.6 is 36.2 Å². The van der Waals surface area contributed by atoms with Crippen LogP contribution in [0.15, 0.2) is 40.7 Å². The van der Waals surface area contributed by atoms with Crippen LogP contribution in [0.3, 0.4) is 0 Å². The van der Waals surface area contributed by atoms with Crippen LogP contribution in [0.4, 0.5) is 5.69 Å². The zero-order valence-corrected chi connectivity index (χ0v) is 14.2. The number of nitrogens with zero attached hydrogens (tertiary/aromatic N) is 1. The Labute approximate surface area is 141 Å². The fourth-order valence-electron chi connectivity index (χ4n) is 2.35. The maximum absolute atomic E-state index is 6.01. The summed E-state index contributed by atoms with van der Waals surface area (Å²) in [6.07, 6.45) is 1.08. The lowest BCUT2D eigenvalue weighted by Crippen LogP contribution is -2.32. The van der Waals surface area contributed by atoms with Crippen LogP contribution in [0, 0.1) is 0 Å². The third-order valence-electron chi connectivity index (χ3n) is 3.38. The highest BCUT2D eigenvalue weighted by Crippen LogP contribution is 2.23. The number of rotatable bonds is 2. The summed E-state index contributed by atoms with van der Waals surface area (Å²) in [6, 6.07) is 10.9. The molecule has 21 heavy (non-hydrogen) atoms. The molecule has 0 radical (unpaired) electrons. The molecule has 114 valence electrons. The van der Waals surface area contributed by atoms with E-state index < -0.39 is 0 Å². The van der Waals surface area contributed by atoms with Gasteiger partial charge in [0.15, 0.2) is 0 Å². The van der Waals surface area contributed by atoms with E-state index in [1.165, 1.54) is 11.1 Å². The predicted octanol–water partition coefficient (Wildman–Crippen LogP) is 3.66. The van der Waals surface area contributed by atoms with Crippen molar-refractivity contribution in [3.8, 4) is 0 Å². The quantitative estimate of drug-likeness (QED) is 0.645. The first kappa shape index (κ1) is 18.0. The minimum atomic E-state index is 0. The van der Waals surface area contributed by atoms with Crippen molar-refractivity contribution in [1.82, 2.24) is 5.32 Å². The Bertz CT molecular complexity index is 611. The van der Waals surface area contributed by atoms with Gasteiger partial charge in [0.05, 0.1) is 10.6 Å². The molecule has 0 saturated carbocycles. The normalized spacial score (nSPS) is 17.4. The van der Waals surface area contributed by atoms with Gasteiger partial charge in [0.1, 0.15) is 5.84 Å². The summed E-state index contributed by atoms with van der Waals surface area (Å²) in [6.45, 7) is 3.13. The highest BCUT2D eigenvalue weighted by atomic mass is 35.5. The van der Waals surface area contributed by atoms with Crippen molar-refractivity contribution in [2.45, 2.75) is 25.9 Å². The van der Waals surface area contributed by atoms with Gasteiger partial charge < -0.3 is 11.1 Å². The Kier molecular flexibility index (Phi) is 6.68. The van der Waals surface area contributed by atoms with Gasteiger partial charge in [0, 0.05) is 12.6 Å². The fourth-order valence-corrected chi connectivity index (χ4v) is 2.98. The van der Waals surface area contributed by atoms with Crippen molar-refractivity contribution in [1.29, 1.82) is 0 Å². The maximum Gasteiger partial charge on any atom is 0.141 e. The minimum Gasteiger partial charge on any atom is -0.383 e. The lowest BCUT2D eigenvalue weighted by Gasteiger charge is -2.23. The summed E-state index contributed by atoms with van der Waals surface area (Å²) < 4.78 is 0. The van der Waals surface area contributed by atoms with Crippen LogP contribution in [0.2, 0.25) is 0 Å². The summed E-state index contributed by atoms with van der Waals surface area (Å²) in [7, 11) is 0. The van der Waals surface area contributed by atoms with Gasteiger partial charge in [-0.1, -0.05) is 12.1 Å². The van der Waals surface area contributed by atoms with E-state index in [9.17, 15) is 0 Å². The van der Waals surface area contributed by atoms with Gasteiger partial charge in [-0.3, -0.25) is 0 Å². The average Bonchev–Trinajstić information content (AvgIpc) is 2.93. The van der Waals surface area contributed by atoms with Crippen LogP contribution in [-0.4, -0.2) is 11.9 Å². The van der Waals surface area contributed by atoms with E-state index in [-0.39, 0.29) is 24.8 Å². The van der Waals surface area contributed by atoms with E-state index in [4.69, 9.17) is 5.73 Å². The van der Waals surface area contributed by atoms with Crippen LogP contribution in [0.5, 0.6) is 0 Å². The predicted molar refractivity (Wildman–Crippen MR) is 95.6 cm³/mol. The molecule has 3 rings (SSSR count). The van der Waals surface area contributed by atoms with E-state index >= 15 is 0 Å². The first-order valence-corrected chi connectivity index (χ1v) is 7.33. The van der Waals surface area contributed by atoms with Gasteiger partial charge in [-0.15, -0.1) is 36.2 Å². The molecule has 1 aromatic carbocycles. The largest absolute Gasteiger partial charge is 0.383 e. The standard InChI is InChI=1S/C15H17N3S.2ClH/c1-10-7-11-4-5-13(8-12(11)9-17-10)18-15(16)14-3-2-6-19-14;;/h2-6,8,10,17H,7,9H2,1H3,(H2,16,18);2*1H. The van der Waals surface area contributed by atoms with E-state index in [0.717, 1.165) is 23.5 Å². The smallest absolute Gasteiger partial charge is 0.141 e. The van der Waals surface area contributed by atoms with Crippen LogP contribution < -0.4 is 11.1 Å². The lowest BCUT2D eigenvalue weighted by molar-refractivity contribution is 0.514. The zero-order chi connectivity index (χ0) is 13.2. The first-order chi connectivity index (χ1) is 9.22. The van der Waals surface area contributed by atoms with Gasteiger partial charge in [0.2, 0.25) is 0 Å². The average molecular weight is 344 g/mol. The summed E-state index contributed by atoms with van der Waals surface area (Å²) in [5.41, 5.74) is 9.69. The second-order valence-corrected chi connectivity index (χ2v) is 5.86. The SMILES string of the molecule is CC1Cc2ccc(N=C(N)c3cccs3)cc2CN1.Cl.Cl. The van der Waals surface area contributed by atoms with E-state index in [2.05, 4.69) is 35.4 Å². The second kappa shape index (κ2) is 7.80. The number of benzene rings is 1. The number of hydrogen-bond acceptors (Lipinski definition) is 3. The topological polar surface area (TPSA) is 50.4 Å². The molecule has 3 nitrogen and oxygen atoms in total. The molecule has 6 heteroatoms. The number of nitrogens with two attached hydrogens (primary N) is 1. The highest BCUT2D eigenvalue weighted by Gasteiger charge is 2.14. The molecule has 1 aliphatic rings. The Morgan fingerprint density at radius 3 is 2.81 bits per heavy atom. The van der Waals surface area contributed by atoms with Gasteiger partial charge in [-0.25, -0.2) is 4.99 Å². The maximum atomic E-state index is 6.01. The molecule has 1 unspecified atom stereocenters. The number of fused-ring (bicyclic) bond motifs is 1. The van der Waals surface area contributed by atoms with Gasteiger partial charge in [-0.05, 0) is 48.1 Å². The Morgan fingerprint density at radius 2 is 2.10 bits per heavy atom. The summed E-state index contributed by atoms with van der Waals surface area (Å²) >= 11 is 1.61. The van der Waals surface area contributed by atoms with E-state index in [0.29, 0.717) is 11.9 Å². The molecule has 0 amide bonds. The summed E-state index contributed by atoms with van der Waals surface area (Å²) in [5.74, 6) is 0.590. The van der Waals surface area contributed by atoms with Crippen molar-refractivity contribution in [3.63, 3.8) is 0 Å². The molecule has 2 heterocycles. The molecular weight excluding hydrogens is 325 g/mol. The summed E-state index contributed by atoms with van der Waals surface area (Å²) in [5, 5.41) is 5.48. The van der Waals surface area contributed by atoms with Crippen LogP contribution in [0.25, 0.3) is 0 Å². The van der Waals surface area contributed by atoms with E-state index in [1.54, 1.807) is 11.3 Å². The van der Waals surface area contributed by atoms with Crippen molar-refractivity contribution < 1.29 is 0 Å². The number of amidine groups is 1. The molecule has 0 fully saturated rings. The van der Waals surface area contributed by atoms with Gasteiger partial charge in [0.25, 0.3) is 0 Å². The number of aliphatic imine (C=N–C) groups is 1. The highest BCUT2D eigenvalue weighted by molar-refractivity contribution is 7.12. The van der Waals surface area contributed by atoms with Gasteiger partial charge in [-0.2, -0.15) is 0 Å². The first-order valence-electron chi connectivity index (χ1n) is 6.45. The Hall–Kier alpha value is -1.07. The molecular formula is C15H19Cl2N3S. The molecule has 0 saturated heterocycles. The molecule has 1 aliphatic heterocycles. The third-order valence-corrected chi connectivity index (χ3v) is 4.27. The van der Waals surface area contributed by atoms with E-state index in [1.807, 2.05) is 17.5 Å². The molecule has 1 atom stereocenters. The molecule has 0 aliphatic carbocycles. The fraction of sp³-hybridized carbons (Fsp3) is 0.267. The molecule has 2 aromatic rings.